The Balaban J connectivity index is 1.20. The first-order valence-electron chi connectivity index (χ1n) is 14.0. The van der Waals surface area contributed by atoms with E-state index in [0.29, 0.717) is 37.1 Å². The van der Waals surface area contributed by atoms with Crippen LogP contribution in [0, 0.1) is 12.7 Å². The number of hydrogen-bond acceptors (Lipinski definition) is 6. The van der Waals surface area contributed by atoms with E-state index in [0.717, 1.165) is 50.1 Å². The predicted molar refractivity (Wildman–Crippen MR) is 144 cm³/mol. The molecule has 2 aliphatic rings. The average molecular weight is 505 g/mol. The molecule has 37 heavy (non-hydrogen) atoms. The molecule has 3 aromatic rings. The van der Waals surface area contributed by atoms with Gasteiger partial charge in [0.25, 0.3) is 5.91 Å². The van der Waals surface area contributed by atoms with Crippen molar-refractivity contribution >= 4 is 17.4 Å². The number of aromatic nitrogens is 2. The highest BCUT2D eigenvalue weighted by Crippen LogP contribution is 2.23. The molecule has 194 valence electrons. The third kappa shape index (κ3) is 6.50. The predicted octanol–water partition coefficient (Wildman–Crippen LogP) is 4.35. The number of pyridine rings is 2. The highest BCUT2D eigenvalue weighted by molar-refractivity contribution is 6.03. The molecular weight excluding hydrogens is 467 g/mol. The molecule has 0 radical (unpaired) electrons. The maximum Gasteiger partial charge on any atom is 0.274 e. The maximum absolute atomic E-state index is 13.5. The summed E-state index contributed by atoms with van der Waals surface area (Å²) in [5, 5.41) is 2.81. The highest BCUT2D eigenvalue weighted by atomic mass is 19.1. The smallest absolute Gasteiger partial charge is 0.274 e. The lowest BCUT2D eigenvalue weighted by molar-refractivity contribution is 0.102. The SMILES string of the molecule is [2H]C1([2H])CCN(C2CCN(Cc3ccc(F)cc3C)CC2)CCN1c1cccc(C(=O)Nc2ccncc2)n1. The van der Waals surface area contributed by atoms with Crippen molar-refractivity contribution in [1.29, 1.82) is 0 Å². The van der Waals surface area contributed by atoms with Crippen LogP contribution in [-0.2, 0) is 6.54 Å². The van der Waals surface area contributed by atoms with E-state index in [1.807, 2.05) is 13.0 Å². The Hall–Kier alpha value is -3.36. The Bertz CT molecular complexity index is 1290. The summed E-state index contributed by atoms with van der Waals surface area (Å²) < 4.78 is 31.1. The number of rotatable bonds is 6. The molecule has 0 unspecified atom stereocenters. The van der Waals surface area contributed by atoms with Gasteiger partial charge in [0.1, 0.15) is 17.3 Å². The molecule has 2 aliphatic heterocycles. The quantitative estimate of drug-likeness (QED) is 0.539. The van der Waals surface area contributed by atoms with E-state index < -0.39 is 6.50 Å². The average Bonchev–Trinajstić information content (AvgIpc) is 3.09. The molecule has 7 nitrogen and oxygen atoms in total. The lowest BCUT2D eigenvalue weighted by atomic mass is 10.0. The second kappa shape index (κ2) is 11.8. The van der Waals surface area contributed by atoms with E-state index in [-0.39, 0.29) is 17.4 Å². The Morgan fingerprint density at radius 2 is 1.89 bits per heavy atom. The number of nitrogens with one attached hydrogen (secondary N) is 1. The number of hydrogen-bond donors (Lipinski definition) is 1. The molecule has 5 rings (SSSR count). The molecule has 8 heteroatoms. The van der Waals surface area contributed by atoms with Crippen molar-refractivity contribution in [3.05, 3.63) is 83.6 Å². The summed E-state index contributed by atoms with van der Waals surface area (Å²) in [7, 11) is 0. The van der Waals surface area contributed by atoms with Crippen LogP contribution in [0.15, 0.2) is 60.9 Å². The number of likely N-dealkylation sites (tertiary alicyclic amines) is 1. The normalized spacial score (nSPS) is 20.1. The van der Waals surface area contributed by atoms with Crippen molar-refractivity contribution in [3.8, 4) is 0 Å². The van der Waals surface area contributed by atoms with E-state index >= 15 is 0 Å². The van der Waals surface area contributed by atoms with Crippen LogP contribution >= 0.6 is 0 Å². The second-order valence-electron chi connectivity index (χ2n) is 9.74. The first kappa shape index (κ1) is 22.8. The van der Waals surface area contributed by atoms with Gasteiger partial charge in [-0.2, -0.15) is 0 Å². The molecule has 2 fully saturated rings. The molecule has 0 bridgehead atoms. The standard InChI is InChI=1S/C29H35FN6O/c1-22-20-24(30)7-6-23(22)21-34-16-10-26(11-17-34)35-14-3-15-36(19-18-35)28-5-2-4-27(33-28)29(37)32-25-8-12-31-13-9-25/h2,4-9,12-13,20,26H,3,10-11,14-19,21H2,1H3,(H,31,32,37)/i15D2. The zero-order valence-electron chi connectivity index (χ0n) is 23.2. The van der Waals surface area contributed by atoms with Crippen LogP contribution in [0.3, 0.4) is 0 Å². The fourth-order valence-electron chi connectivity index (χ4n) is 5.16. The van der Waals surface area contributed by atoms with Crippen molar-refractivity contribution < 1.29 is 11.9 Å². The lowest BCUT2D eigenvalue weighted by Crippen LogP contribution is -2.46. The second-order valence-corrected chi connectivity index (χ2v) is 9.74. The van der Waals surface area contributed by atoms with Crippen LogP contribution in [0.4, 0.5) is 15.9 Å². The monoisotopic (exact) mass is 504 g/mol. The number of piperidine rings is 1. The third-order valence-electron chi connectivity index (χ3n) is 7.27. The van der Waals surface area contributed by atoms with Crippen molar-refractivity contribution in [2.24, 2.45) is 0 Å². The third-order valence-corrected chi connectivity index (χ3v) is 7.27. The molecule has 0 saturated carbocycles. The van der Waals surface area contributed by atoms with Crippen molar-refractivity contribution in [2.75, 3.05) is 49.4 Å². The molecular formula is C29H35FN6O. The number of benzene rings is 1. The molecule has 1 amide bonds. The summed E-state index contributed by atoms with van der Waals surface area (Å²) in [5.74, 6) is -0.0726. The number of halogens is 1. The minimum absolute atomic E-state index is 0.194. The molecule has 1 aromatic carbocycles. The van der Waals surface area contributed by atoms with Gasteiger partial charge in [-0.3, -0.25) is 19.6 Å². The lowest BCUT2D eigenvalue weighted by Gasteiger charge is -2.38. The van der Waals surface area contributed by atoms with Gasteiger partial charge in [0.05, 0.1) is 0 Å². The Kier molecular flexibility index (Phi) is 7.27. The van der Waals surface area contributed by atoms with Crippen LogP contribution in [-0.4, -0.2) is 70.9 Å². The molecule has 0 spiro atoms. The van der Waals surface area contributed by atoms with Gasteiger partial charge in [0, 0.05) is 59.5 Å². The van der Waals surface area contributed by atoms with Gasteiger partial charge in [-0.25, -0.2) is 9.37 Å². The van der Waals surface area contributed by atoms with E-state index in [9.17, 15) is 9.18 Å². The van der Waals surface area contributed by atoms with Crippen LogP contribution in [0.1, 0.15) is 43.6 Å². The largest absolute Gasteiger partial charge is 0.355 e. The zero-order chi connectivity index (χ0) is 27.4. The van der Waals surface area contributed by atoms with Crippen LogP contribution in [0.2, 0.25) is 0 Å². The number of anilines is 2. The number of nitrogens with zero attached hydrogens (tertiary/aromatic N) is 5. The summed E-state index contributed by atoms with van der Waals surface area (Å²) in [6.45, 7) is 5.03. The molecule has 0 atom stereocenters. The minimum Gasteiger partial charge on any atom is -0.355 e. The highest BCUT2D eigenvalue weighted by Gasteiger charge is 2.27. The number of amides is 1. The van der Waals surface area contributed by atoms with Gasteiger partial charge in [-0.05, 0) is 86.8 Å². The number of carbonyl (C=O) groups excluding carboxylic acids is 1. The van der Waals surface area contributed by atoms with Gasteiger partial charge in [0.15, 0.2) is 0 Å². The summed E-state index contributed by atoms with van der Waals surface area (Å²) in [6.07, 6.45) is 5.61. The van der Waals surface area contributed by atoms with Gasteiger partial charge >= 0.3 is 0 Å². The fraction of sp³-hybridized carbons (Fsp3) is 0.414. The topological polar surface area (TPSA) is 64.6 Å². The first-order chi connectivity index (χ1) is 18.8. The molecule has 2 saturated heterocycles. The molecule has 1 N–H and O–H groups in total. The van der Waals surface area contributed by atoms with Crippen LogP contribution < -0.4 is 10.2 Å². The maximum atomic E-state index is 13.5. The van der Waals surface area contributed by atoms with E-state index in [1.54, 1.807) is 53.7 Å². The summed E-state index contributed by atoms with van der Waals surface area (Å²) in [4.78, 5) is 27.8. The van der Waals surface area contributed by atoms with E-state index in [4.69, 9.17) is 2.74 Å². The zero-order valence-corrected chi connectivity index (χ0v) is 21.2. The van der Waals surface area contributed by atoms with Gasteiger partial charge in [-0.1, -0.05) is 12.1 Å². The molecule has 4 heterocycles. The Morgan fingerprint density at radius 3 is 2.68 bits per heavy atom. The van der Waals surface area contributed by atoms with E-state index in [1.165, 1.54) is 6.07 Å². The van der Waals surface area contributed by atoms with Gasteiger partial charge in [-0.15, -0.1) is 0 Å². The number of aryl methyl sites for hydroxylation is 1. The Labute approximate surface area is 221 Å². The first-order valence-corrected chi connectivity index (χ1v) is 13.0. The van der Waals surface area contributed by atoms with Crippen molar-refractivity contribution in [3.63, 3.8) is 0 Å². The summed E-state index contributed by atoms with van der Waals surface area (Å²) in [6, 6.07) is 14.0. The summed E-state index contributed by atoms with van der Waals surface area (Å²) >= 11 is 0. The van der Waals surface area contributed by atoms with Crippen molar-refractivity contribution in [1.82, 2.24) is 19.8 Å². The van der Waals surface area contributed by atoms with Crippen molar-refractivity contribution in [2.45, 2.75) is 38.8 Å². The summed E-state index contributed by atoms with van der Waals surface area (Å²) in [5.41, 5.74) is 3.02. The molecule has 2 aromatic heterocycles. The molecule has 0 aliphatic carbocycles. The minimum atomic E-state index is -1.58. The Morgan fingerprint density at radius 1 is 1.08 bits per heavy atom. The van der Waals surface area contributed by atoms with Gasteiger partial charge < -0.3 is 10.2 Å². The number of carbonyl (C=O) groups is 1. The van der Waals surface area contributed by atoms with E-state index in [2.05, 4.69) is 25.1 Å². The van der Waals surface area contributed by atoms with Gasteiger partial charge in [0.2, 0.25) is 0 Å². The fourth-order valence-corrected chi connectivity index (χ4v) is 5.16. The van der Waals surface area contributed by atoms with Crippen LogP contribution in [0.5, 0.6) is 0 Å². The van der Waals surface area contributed by atoms with Crippen LogP contribution in [0.25, 0.3) is 0 Å².